The Hall–Kier alpha value is -1.84. The standard InChI is InChI=1S/C19H29NO3/c1-14(2)10-17(11-18(21)20-12-15(3)4)19(22)23-13-16-8-6-5-7-9-16/h5-9,14-15,17H,10-13H2,1-4H3,(H,20,21). The van der Waals surface area contributed by atoms with Crippen molar-refractivity contribution in [3.8, 4) is 0 Å². The second kappa shape index (κ2) is 10.0. The van der Waals surface area contributed by atoms with Crippen molar-refractivity contribution >= 4 is 11.9 Å². The molecule has 23 heavy (non-hydrogen) atoms. The number of hydrogen-bond donors (Lipinski definition) is 1. The molecule has 0 spiro atoms. The van der Waals surface area contributed by atoms with Crippen molar-refractivity contribution in [2.24, 2.45) is 17.8 Å². The molecule has 0 saturated carbocycles. The fourth-order valence-electron chi connectivity index (χ4n) is 2.29. The Morgan fingerprint density at radius 2 is 1.70 bits per heavy atom. The zero-order chi connectivity index (χ0) is 17.2. The molecule has 4 nitrogen and oxygen atoms in total. The Morgan fingerprint density at radius 3 is 2.26 bits per heavy atom. The summed E-state index contributed by atoms with van der Waals surface area (Å²) in [6.07, 6.45) is 0.848. The van der Waals surface area contributed by atoms with Gasteiger partial charge >= 0.3 is 5.97 Å². The number of ether oxygens (including phenoxy) is 1. The van der Waals surface area contributed by atoms with Gasteiger partial charge in [0.05, 0.1) is 5.92 Å². The van der Waals surface area contributed by atoms with Crippen LogP contribution in [0, 0.1) is 17.8 Å². The number of nitrogens with one attached hydrogen (secondary N) is 1. The Balaban J connectivity index is 2.54. The highest BCUT2D eigenvalue weighted by molar-refractivity contribution is 5.83. The van der Waals surface area contributed by atoms with E-state index in [0.717, 1.165) is 5.56 Å². The zero-order valence-electron chi connectivity index (χ0n) is 14.7. The van der Waals surface area contributed by atoms with Gasteiger partial charge < -0.3 is 10.1 Å². The highest BCUT2D eigenvalue weighted by Crippen LogP contribution is 2.18. The average molecular weight is 319 g/mol. The zero-order valence-corrected chi connectivity index (χ0v) is 14.7. The number of rotatable bonds is 9. The number of benzene rings is 1. The van der Waals surface area contributed by atoms with Gasteiger partial charge in [-0.1, -0.05) is 58.0 Å². The lowest BCUT2D eigenvalue weighted by molar-refractivity contribution is -0.152. The van der Waals surface area contributed by atoms with Crippen LogP contribution in [-0.4, -0.2) is 18.4 Å². The van der Waals surface area contributed by atoms with E-state index in [2.05, 4.69) is 5.32 Å². The Kier molecular flexibility index (Phi) is 8.38. The first-order valence-electron chi connectivity index (χ1n) is 8.35. The van der Waals surface area contributed by atoms with Gasteiger partial charge in [0.2, 0.25) is 5.91 Å². The molecular formula is C19H29NO3. The van der Waals surface area contributed by atoms with Gasteiger partial charge in [-0.05, 0) is 23.8 Å². The van der Waals surface area contributed by atoms with Gasteiger partial charge in [-0.25, -0.2) is 0 Å². The van der Waals surface area contributed by atoms with Crippen molar-refractivity contribution in [2.75, 3.05) is 6.54 Å². The van der Waals surface area contributed by atoms with Crippen molar-refractivity contribution < 1.29 is 14.3 Å². The second-order valence-corrected chi connectivity index (χ2v) is 6.82. The van der Waals surface area contributed by atoms with E-state index in [1.54, 1.807) is 0 Å². The van der Waals surface area contributed by atoms with Gasteiger partial charge in [0.15, 0.2) is 0 Å². The molecule has 0 aliphatic heterocycles. The van der Waals surface area contributed by atoms with Crippen LogP contribution in [0.15, 0.2) is 30.3 Å². The largest absolute Gasteiger partial charge is 0.461 e. The Bertz CT molecular complexity index is 483. The molecule has 0 radical (unpaired) electrons. The van der Waals surface area contributed by atoms with Crippen molar-refractivity contribution in [1.29, 1.82) is 0 Å². The van der Waals surface area contributed by atoms with Gasteiger partial charge in [-0.15, -0.1) is 0 Å². The molecule has 1 rings (SSSR count). The lowest BCUT2D eigenvalue weighted by atomic mass is 9.94. The van der Waals surface area contributed by atoms with E-state index in [4.69, 9.17) is 4.74 Å². The maximum atomic E-state index is 12.3. The maximum absolute atomic E-state index is 12.3. The first-order chi connectivity index (χ1) is 10.9. The van der Waals surface area contributed by atoms with Gasteiger partial charge in [-0.3, -0.25) is 9.59 Å². The monoisotopic (exact) mass is 319 g/mol. The van der Waals surface area contributed by atoms with Crippen molar-refractivity contribution in [3.05, 3.63) is 35.9 Å². The molecule has 0 aromatic heterocycles. The molecular weight excluding hydrogens is 290 g/mol. The molecule has 1 N–H and O–H groups in total. The summed E-state index contributed by atoms with van der Waals surface area (Å²) >= 11 is 0. The molecule has 0 heterocycles. The number of carbonyl (C=O) groups is 2. The van der Waals surface area contributed by atoms with Crippen molar-refractivity contribution in [3.63, 3.8) is 0 Å². The van der Waals surface area contributed by atoms with Gasteiger partial charge in [0, 0.05) is 13.0 Å². The summed E-state index contributed by atoms with van der Waals surface area (Å²) in [7, 11) is 0. The van der Waals surface area contributed by atoms with Crippen LogP contribution >= 0.6 is 0 Å². The second-order valence-electron chi connectivity index (χ2n) is 6.82. The average Bonchev–Trinajstić information content (AvgIpc) is 2.50. The molecule has 0 aliphatic carbocycles. The third-order valence-corrected chi connectivity index (χ3v) is 3.45. The first-order valence-corrected chi connectivity index (χ1v) is 8.35. The molecule has 1 atom stereocenters. The van der Waals surface area contributed by atoms with Crippen LogP contribution in [0.25, 0.3) is 0 Å². The SMILES string of the molecule is CC(C)CNC(=O)CC(CC(C)C)C(=O)OCc1ccccc1. The molecule has 1 amide bonds. The predicted molar refractivity (Wildman–Crippen MR) is 91.6 cm³/mol. The van der Waals surface area contributed by atoms with E-state index < -0.39 is 0 Å². The molecule has 1 aromatic carbocycles. The van der Waals surface area contributed by atoms with E-state index in [1.165, 1.54) is 0 Å². The lowest BCUT2D eigenvalue weighted by Gasteiger charge is -2.18. The topological polar surface area (TPSA) is 55.4 Å². The lowest BCUT2D eigenvalue weighted by Crippen LogP contribution is -2.32. The number of amides is 1. The van der Waals surface area contributed by atoms with Crippen LogP contribution in [-0.2, 0) is 20.9 Å². The van der Waals surface area contributed by atoms with Crippen molar-refractivity contribution in [2.45, 2.75) is 47.1 Å². The third kappa shape index (κ3) is 8.38. The Labute approximate surface area is 139 Å². The smallest absolute Gasteiger partial charge is 0.309 e. The summed E-state index contributed by atoms with van der Waals surface area (Å²) in [5.74, 6) is -0.0242. The van der Waals surface area contributed by atoms with Gasteiger partial charge in [-0.2, -0.15) is 0 Å². The predicted octanol–water partition coefficient (Wildman–Crippen LogP) is 3.55. The number of esters is 1. The van der Waals surface area contributed by atoms with E-state index in [1.807, 2.05) is 58.0 Å². The van der Waals surface area contributed by atoms with Crippen LogP contribution in [0.3, 0.4) is 0 Å². The quantitative estimate of drug-likeness (QED) is 0.708. The highest BCUT2D eigenvalue weighted by atomic mass is 16.5. The van der Waals surface area contributed by atoms with Crippen LogP contribution in [0.4, 0.5) is 0 Å². The van der Waals surface area contributed by atoms with E-state index in [0.29, 0.717) is 24.8 Å². The minimum absolute atomic E-state index is 0.0824. The summed E-state index contributed by atoms with van der Waals surface area (Å²) in [6, 6.07) is 9.58. The molecule has 0 fully saturated rings. The van der Waals surface area contributed by atoms with Crippen LogP contribution in [0.5, 0.6) is 0 Å². The summed E-state index contributed by atoms with van der Waals surface area (Å²) < 4.78 is 5.40. The minimum Gasteiger partial charge on any atom is -0.461 e. The molecule has 128 valence electrons. The summed E-state index contributed by atoms with van der Waals surface area (Å²) in [5, 5.41) is 2.87. The summed E-state index contributed by atoms with van der Waals surface area (Å²) in [5.41, 5.74) is 0.952. The molecule has 0 aliphatic rings. The summed E-state index contributed by atoms with van der Waals surface area (Å²) in [4.78, 5) is 24.3. The van der Waals surface area contributed by atoms with E-state index in [-0.39, 0.29) is 30.8 Å². The highest BCUT2D eigenvalue weighted by Gasteiger charge is 2.24. The number of hydrogen-bond acceptors (Lipinski definition) is 3. The maximum Gasteiger partial charge on any atom is 0.309 e. The molecule has 0 saturated heterocycles. The van der Waals surface area contributed by atoms with E-state index in [9.17, 15) is 9.59 Å². The van der Waals surface area contributed by atoms with Gasteiger partial charge in [0.1, 0.15) is 6.61 Å². The van der Waals surface area contributed by atoms with Crippen LogP contribution in [0.1, 0.15) is 46.1 Å². The fraction of sp³-hybridized carbons (Fsp3) is 0.579. The molecule has 1 unspecified atom stereocenters. The van der Waals surface area contributed by atoms with Crippen molar-refractivity contribution in [1.82, 2.24) is 5.32 Å². The number of carbonyl (C=O) groups excluding carboxylic acids is 2. The van der Waals surface area contributed by atoms with Gasteiger partial charge in [0.25, 0.3) is 0 Å². The summed E-state index contributed by atoms with van der Waals surface area (Å²) in [6.45, 7) is 9.06. The van der Waals surface area contributed by atoms with E-state index >= 15 is 0 Å². The van der Waals surface area contributed by atoms with Crippen LogP contribution in [0.2, 0.25) is 0 Å². The minimum atomic E-state index is -0.383. The Morgan fingerprint density at radius 1 is 1.04 bits per heavy atom. The van der Waals surface area contributed by atoms with Crippen LogP contribution < -0.4 is 5.32 Å². The first kappa shape index (κ1) is 19.2. The third-order valence-electron chi connectivity index (χ3n) is 3.45. The molecule has 4 heteroatoms. The molecule has 1 aromatic rings. The fourth-order valence-corrected chi connectivity index (χ4v) is 2.29. The normalized spacial score (nSPS) is 12.3. The molecule has 0 bridgehead atoms.